The minimum Gasteiger partial charge on any atom is -0.444 e. The summed E-state index contributed by atoms with van der Waals surface area (Å²) in [6.07, 6.45) is -1.17. The first-order valence-corrected chi connectivity index (χ1v) is 14.6. The molecule has 1 aromatic carbocycles. The van der Waals surface area contributed by atoms with Gasteiger partial charge in [0, 0.05) is 64.0 Å². The van der Waals surface area contributed by atoms with Crippen LogP contribution < -0.4 is 5.32 Å². The van der Waals surface area contributed by atoms with Gasteiger partial charge < -0.3 is 29.3 Å². The van der Waals surface area contributed by atoms with Crippen LogP contribution in [-0.2, 0) is 20.6 Å². The largest absolute Gasteiger partial charge is 0.444 e. The first kappa shape index (κ1) is 35.6. The molecule has 1 unspecified atom stereocenters. The normalized spacial score (nSPS) is 16.3. The molecule has 0 aromatic heterocycles. The van der Waals surface area contributed by atoms with E-state index in [0.717, 1.165) is 5.56 Å². The maximum absolute atomic E-state index is 13.0. The van der Waals surface area contributed by atoms with Gasteiger partial charge in [-0.25, -0.2) is 14.4 Å². The van der Waals surface area contributed by atoms with Crippen molar-refractivity contribution in [3.8, 4) is 0 Å². The zero-order valence-corrected chi connectivity index (χ0v) is 27.1. The van der Waals surface area contributed by atoms with Gasteiger partial charge in [-0.1, -0.05) is 12.1 Å². The average Bonchev–Trinajstić information content (AvgIpc) is 2.92. The van der Waals surface area contributed by atoms with Crippen molar-refractivity contribution in [2.24, 2.45) is 0 Å². The molecule has 1 N–H and O–H groups in total. The Bertz CT molecular complexity index is 1070. The Kier molecular flexibility index (Phi) is 12.2. The zero-order valence-electron chi connectivity index (χ0n) is 27.1. The van der Waals surface area contributed by atoms with Crippen molar-refractivity contribution in [3.05, 3.63) is 39.9 Å². The number of nitrogens with one attached hydrogen (secondary N) is 1. The van der Waals surface area contributed by atoms with Crippen LogP contribution in [0.1, 0.15) is 67.9 Å². The lowest BCUT2D eigenvalue weighted by molar-refractivity contribution is -0.384. The number of non-ortho nitro benzene ring substituents is 1. The Balaban J connectivity index is 2.31. The number of ether oxygens (including phenoxy) is 3. The van der Waals surface area contributed by atoms with Crippen LogP contribution in [0.5, 0.6) is 0 Å². The van der Waals surface area contributed by atoms with Crippen molar-refractivity contribution >= 4 is 24.0 Å². The Morgan fingerprint density at radius 1 is 0.767 bits per heavy atom. The molecule has 0 aliphatic carbocycles. The second-order valence-corrected chi connectivity index (χ2v) is 13.7. The van der Waals surface area contributed by atoms with E-state index in [1.807, 2.05) is 0 Å². The third kappa shape index (κ3) is 13.9. The average molecular weight is 608 g/mol. The van der Waals surface area contributed by atoms with Crippen molar-refractivity contribution in [1.82, 2.24) is 20.0 Å². The van der Waals surface area contributed by atoms with E-state index in [-0.39, 0.29) is 18.8 Å². The van der Waals surface area contributed by atoms with E-state index in [1.54, 1.807) is 84.2 Å². The predicted octanol–water partition coefficient (Wildman–Crippen LogP) is 4.82. The van der Waals surface area contributed by atoms with Crippen molar-refractivity contribution in [3.63, 3.8) is 0 Å². The number of carbonyl (C=O) groups excluding carboxylic acids is 3. The lowest BCUT2D eigenvalue weighted by Crippen LogP contribution is -2.49. The number of nitro groups is 1. The van der Waals surface area contributed by atoms with Gasteiger partial charge in [0.05, 0.1) is 4.92 Å². The van der Waals surface area contributed by atoms with Gasteiger partial charge in [0.25, 0.3) is 5.69 Å². The van der Waals surface area contributed by atoms with E-state index in [0.29, 0.717) is 39.1 Å². The van der Waals surface area contributed by atoms with E-state index in [9.17, 15) is 24.5 Å². The van der Waals surface area contributed by atoms with E-state index >= 15 is 0 Å². The molecule has 1 aromatic rings. The summed E-state index contributed by atoms with van der Waals surface area (Å²) >= 11 is 0. The highest BCUT2D eigenvalue weighted by molar-refractivity contribution is 5.70. The number of rotatable bonds is 6. The summed E-state index contributed by atoms with van der Waals surface area (Å²) in [7, 11) is 0. The first-order valence-electron chi connectivity index (χ1n) is 14.6. The second kappa shape index (κ2) is 14.7. The molecular weight excluding hydrogens is 558 g/mol. The van der Waals surface area contributed by atoms with Crippen LogP contribution in [0.2, 0.25) is 0 Å². The van der Waals surface area contributed by atoms with Crippen LogP contribution in [-0.4, -0.2) is 107 Å². The summed E-state index contributed by atoms with van der Waals surface area (Å²) in [4.78, 5) is 54.8. The number of hydrogen-bond donors (Lipinski definition) is 1. The first-order chi connectivity index (χ1) is 19.7. The van der Waals surface area contributed by atoms with Crippen molar-refractivity contribution < 1.29 is 33.5 Å². The molecule has 43 heavy (non-hydrogen) atoms. The van der Waals surface area contributed by atoms with Crippen LogP contribution in [0.4, 0.5) is 20.1 Å². The Labute approximate surface area is 254 Å². The van der Waals surface area contributed by atoms with Crippen molar-refractivity contribution in [2.45, 2.75) is 91.6 Å². The Hall–Kier alpha value is -3.61. The molecule has 0 saturated carbocycles. The van der Waals surface area contributed by atoms with Crippen molar-refractivity contribution in [2.75, 3.05) is 45.8 Å². The number of benzene rings is 1. The van der Waals surface area contributed by atoms with Crippen LogP contribution in [0.3, 0.4) is 0 Å². The fourth-order valence-corrected chi connectivity index (χ4v) is 4.29. The fraction of sp³-hybridized carbons (Fsp3) is 0.700. The molecule has 0 radical (unpaired) electrons. The molecule has 1 atom stereocenters. The smallest absolute Gasteiger partial charge is 0.410 e. The fourth-order valence-electron chi connectivity index (χ4n) is 4.29. The number of hydrogen-bond acceptors (Lipinski definition) is 9. The summed E-state index contributed by atoms with van der Waals surface area (Å²) in [6.45, 7) is 18.6. The van der Waals surface area contributed by atoms with E-state index in [2.05, 4.69) is 10.2 Å². The van der Waals surface area contributed by atoms with Crippen LogP contribution >= 0.6 is 0 Å². The number of nitrogens with zero attached hydrogens (tertiary/aromatic N) is 4. The van der Waals surface area contributed by atoms with Gasteiger partial charge in [0.2, 0.25) is 0 Å². The summed E-state index contributed by atoms with van der Waals surface area (Å²) in [6, 6.07) is 5.74. The lowest BCUT2D eigenvalue weighted by atomic mass is 10.0. The SMILES string of the molecule is CC(C)(C)OC(=O)NC(Cc1ccc([N+](=O)[O-])cc1)CN1CCN(C(=O)OC(C)(C)C)CCN(C(=O)OC(C)(C)C)CC1. The lowest BCUT2D eigenvalue weighted by Gasteiger charge is -2.31. The van der Waals surface area contributed by atoms with Gasteiger partial charge in [-0.15, -0.1) is 0 Å². The summed E-state index contributed by atoms with van der Waals surface area (Å²) in [5.74, 6) is 0. The molecule has 1 fully saturated rings. The highest BCUT2D eigenvalue weighted by Gasteiger charge is 2.29. The highest BCUT2D eigenvalue weighted by atomic mass is 16.6. The zero-order chi connectivity index (χ0) is 32.6. The van der Waals surface area contributed by atoms with Gasteiger partial charge in [0.15, 0.2) is 0 Å². The number of amides is 3. The third-order valence-electron chi connectivity index (χ3n) is 6.14. The molecule has 242 valence electrons. The molecule has 1 aliphatic rings. The maximum atomic E-state index is 13.0. The standard InChI is InChI=1S/C30H49N5O8/c1-28(2,3)41-25(36)31-23(20-22-10-12-24(13-11-22)35(39)40)21-32-14-16-33(26(37)42-29(4,5)6)18-19-34(17-15-32)27(38)43-30(7,8)9/h10-13,23H,14-21H2,1-9H3,(H,31,36). The van der Waals surface area contributed by atoms with Gasteiger partial charge in [-0.05, 0) is 74.3 Å². The highest BCUT2D eigenvalue weighted by Crippen LogP contribution is 2.17. The van der Waals surface area contributed by atoms with Crippen LogP contribution in [0.25, 0.3) is 0 Å². The van der Waals surface area contributed by atoms with E-state index in [4.69, 9.17) is 14.2 Å². The Morgan fingerprint density at radius 2 is 1.19 bits per heavy atom. The summed E-state index contributed by atoms with van der Waals surface area (Å²) < 4.78 is 16.8. The molecule has 13 nitrogen and oxygen atoms in total. The molecule has 1 saturated heterocycles. The Morgan fingerprint density at radius 3 is 1.58 bits per heavy atom. The molecule has 3 amide bonds. The second-order valence-electron chi connectivity index (χ2n) is 13.7. The molecule has 1 aliphatic heterocycles. The van der Waals surface area contributed by atoms with Gasteiger partial charge in [-0.3, -0.25) is 15.0 Å². The van der Waals surface area contributed by atoms with Crippen molar-refractivity contribution in [1.29, 1.82) is 0 Å². The minimum absolute atomic E-state index is 0.0233. The molecule has 2 rings (SSSR count). The molecule has 13 heteroatoms. The molecule has 1 heterocycles. The number of carbonyl (C=O) groups is 3. The van der Waals surface area contributed by atoms with E-state index < -0.39 is 46.0 Å². The quantitative estimate of drug-likeness (QED) is 0.273. The van der Waals surface area contributed by atoms with Gasteiger partial charge in [0.1, 0.15) is 16.8 Å². The number of alkyl carbamates (subject to hydrolysis) is 1. The number of nitro benzene ring substituents is 1. The summed E-state index contributed by atoms with van der Waals surface area (Å²) in [5.41, 5.74) is -1.31. The van der Waals surface area contributed by atoms with Crippen LogP contribution in [0.15, 0.2) is 24.3 Å². The molecular formula is C30H49N5O8. The molecule has 0 spiro atoms. The molecule has 0 bridgehead atoms. The monoisotopic (exact) mass is 607 g/mol. The minimum atomic E-state index is -0.706. The predicted molar refractivity (Wildman–Crippen MR) is 162 cm³/mol. The van der Waals surface area contributed by atoms with Gasteiger partial charge in [-0.2, -0.15) is 0 Å². The van der Waals surface area contributed by atoms with E-state index in [1.165, 1.54) is 12.1 Å². The topological polar surface area (TPSA) is 144 Å². The van der Waals surface area contributed by atoms with Crippen LogP contribution in [0, 0.1) is 10.1 Å². The maximum Gasteiger partial charge on any atom is 0.410 e. The summed E-state index contributed by atoms with van der Waals surface area (Å²) in [5, 5.41) is 14.1. The van der Waals surface area contributed by atoms with Gasteiger partial charge >= 0.3 is 18.3 Å². The third-order valence-corrected chi connectivity index (χ3v) is 6.14.